The van der Waals surface area contributed by atoms with Gasteiger partial charge in [0.15, 0.2) is 5.96 Å². The van der Waals surface area contributed by atoms with Crippen LogP contribution in [0.4, 0.5) is 0 Å². The molecule has 25 heavy (non-hydrogen) atoms. The highest BCUT2D eigenvalue weighted by Gasteiger charge is 2.40. The van der Waals surface area contributed by atoms with E-state index in [1.807, 2.05) is 35.8 Å². The van der Waals surface area contributed by atoms with E-state index in [0.29, 0.717) is 13.1 Å². The summed E-state index contributed by atoms with van der Waals surface area (Å²) in [6.45, 7) is 15.7. The lowest BCUT2D eigenvalue weighted by Crippen LogP contribution is -2.66. The number of nitrogens with one attached hydrogen (secondary N) is 1. The highest BCUT2D eigenvalue weighted by atomic mass is 16.2. The van der Waals surface area contributed by atoms with Crippen molar-refractivity contribution in [1.29, 1.82) is 0 Å². The molecule has 0 unspecified atom stereocenters. The first-order chi connectivity index (χ1) is 11.7. The summed E-state index contributed by atoms with van der Waals surface area (Å²) < 4.78 is 1.90. The minimum Gasteiger partial charge on any atom is -0.357 e. The molecule has 0 spiro atoms. The van der Waals surface area contributed by atoms with Crippen molar-refractivity contribution in [3.63, 3.8) is 0 Å². The summed E-state index contributed by atoms with van der Waals surface area (Å²) in [5.41, 5.74) is 0.923. The molecule has 1 aromatic rings. The molecule has 2 heterocycles. The Morgan fingerprint density at radius 3 is 2.68 bits per heavy atom. The van der Waals surface area contributed by atoms with E-state index in [4.69, 9.17) is 4.99 Å². The average Bonchev–Trinajstić information content (AvgIpc) is 2.89. The first-order valence-electron chi connectivity index (χ1n) is 9.09. The number of hydrogen-bond donors (Lipinski definition) is 1. The van der Waals surface area contributed by atoms with Gasteiger partial charge in [-0.2, -0.15) is 5.10 Å². The van der Waals surface area contributed by atoms with Crippen LogP contribution in [0.5, 0.6) is 0 Å². The van der Waals surface area contributed by atoms with Crippen LogP contribution in [0.15, 0.2) is 17.4 Å². The summed E-state index contributed by atoms with van der Waals surface area (Å²) in [7, 11) is 0. The zero-order chi connectivity index (χ0) is 18.6. The quantitative estimate of drug-likeness (QED) is 0.647. The van der Waals surface area contributed by atoms with Crippen LogP contribution in [0, 0.1) is 6.92 Å². The van der Waals surface area contributed by atoms with Crippen LogP contribution < -0.4 is 5.32 Å². The predicted molar refractivity (Wildman–Crippen MR) is 101 cm³/mol. The molecule has 1 N–H and O–H groups in total. The van der Waals surface area contributed by atoms with Gasteiger partial charge in [0.05, 0.1) is 31.4 Å². The minimum atomic E-state index is -0.223. The molecule has 0 aromatic carbocycles. The lowest BCUT2D eigenvalue weighted by Gasteiger charge is -2.49. The molecule has 1 aromatic heterocycles. The van der Waals surface area contributed by atoms with Crippen LogP contribution in [0.25, 0.3) is 0 Å². The molecule has 7 heteroatoms. The Bertz CT molecular complexity index is 619. The predicted octanol–water partition coefficient (Wildman–Crippen LogP) is 1.49. The van der Waals surface area contributed by atoms with Gasteiger partial charge >= 0.3 is 0 Å². The molecule has 7 nitrogen and oxygen atoms in total. The van der Waals surface area contributed by atoms with E-state index in [1.165, 1.54) is 0 Å². The van der Waals surface area contributed by atoms with Gasteiger partial charge in [0.1, 0.15) is 0 Å². The molecular weight excluding hydrogens is 316 g/mol. The molecule has 140 valence electrons. The van der Waals surface area contributed by atoms with Crippen molar-refractivity contribution in [2.75, 3.05) is 26.2 Å². The zero-order valence-electron chi connectivity index (χ0n) is 16.4. The number of carbonyl (C=O) groups is 1. The molecule has 1 amide bonds. The molecule has 0 saturated carbocycles. The van der Waals surface area contributed by atoms with Crippen LogP contribution in [0.1, 0.15) is 40.2 Å². The van der Waals surface area contributed by atoms with Crippen molar-refractivity contribution in [3.8, 4) is 0 Å². The van der Waals surface area contributed by atoms with Crippen LogP contribution in [0.3, 0.4) is 0 Å². The molecule has 0 aliphatic carbocycles. The topological polar surface area (TPSA) is 65.8 Å². The number of hydrogen-bond acceptors (Lipinski definition) is 3. The third kappa shape index (κ3) is 4.74. The smallest absolute Gasteiger partial charge is 0.242 e. The van der Waals surface area contributed by atoms with E-state index in [0.717, 1.165) is 31.2 Å². The van der Waals surface area contributed by atoms with Crippen molar-refractivity contribution in [2.45, 2.75) is 59.7 Å². The number of guanidine groups is 1. The first kappa shape index (κ1) is 19.3. The highest BCUT2D eigenvalue weighted by molar-refractivity contribution is 5.88. The van der Waals surface area contributed by atoms with Crippen LogP contribution >= 0.6 is 0 Å². The Labute approximate surface area is 151 Å². The maximum atomic E-state index is 12.7. The number of aryl methyl sites for hydroxylation is 1. The summed E-state index contributed by atoms with van der Waals surface area (Å²) in [6.07, 6.45) is 3.86. The van der Waals surface area contributed by atoms with Gasteiger partial charge in [-0.3, -0.25) is 14.5 Å². The maximum Gasteiger partial charge on any atom is 0.242 e. The summed E-state index contributed by atoms with van der Waals surface area (Å²) in [6, 6.07) is 0.201. The Morgan fingerprint density at radius 2 is 2.16 bits per heavy atom. The number of rotatable bonds is 5. The lowest BCUT2D eigenvalue weighted by molar-refractivity contribution is -0.145. The summed E-state index contributed by atoms with van der Waals surface area (Å²) >= 11 is 0. The summed E-state index contributed by atoms with van der Waals surface area (Å²) in [4.78, 5) is 21.4. The van der Waals surface area contributed by atoms with Gasteiger partial charge in [0, 0.05) is 25.3 Å². The van der Waals surface area contributed by atoms with Gasteiger partial charge in [-0.25, -0.2) is 0 Å². The van der Waals surface area contributed by atoms with Crippen molar-refractivity contribution in [1.82, 2.24) is 24.9 Å². The number of aromatic nitrogens is 2. The molecule has 0 radical (unpaired) electrons. The second kappa shape index (κ2) is 7.89. The molecule has 1 fully saturated rings. The number of piperazine rings is 1. The van der Waals surface area contributed by atoms with Gasteiger partial charge in [-0.1, -0.05) is 0 Å². The molecular formula is C18H32N6O. The third-order valence-electron chi connectivity index (χ3n) is 4.33. The Hall–Kier alpha value is -2.05. The van der Waals surface area contributed by atoms with Gasteiger partial charge < -0.3 is 15.1 Å². The van der Waals surface area contributed by atoms with E-state index in [9.17, 15) is 4.79 Å². The van der Waals surface area contributed by atoms with Gasteiger partial charge in [0.25, 0.3) is 0 Å². The van der Waals surface area contributed by atoms with Crippen LogP contribution in [0.2, 0.25) is 0 Å². The largest absolute Gasteiger partial charge is 0.357 e. The third-order valence-corrected chi connectivity index (χ3v) is 4.33. The van der Waals surface area contributed by atoms with Crippen molar-refractivity contribution >= 4 is 11.9 Å². The van der Waals surface area contributed by atoms with Crippen molar-refractivity contribution < 1.29 is 4.79 Å². The van der Waals surface area contributed by atoms with Crippen LogP contribution in [-0.4, -0.2) is 69.2 Å². The normalized spacial score (nSPS) is 18.2. The first-order valence-corrected chi connectivity index (χ1v) is 9.09. The Kier molecular flexibility index (Phi) is 6.08. The summed E-state index contributed by atoms with van der Waals surface area (Å²) in [5.74, 6) is 0.954. The van der Waals surface area contributed by atoms with E-state index in [1.54, 1.807) is 0 Å². The lowest BCUT2D eigenvalue weighted by atomic mass is 9.96. The Morgan fingerprint density at radius 1 is 1.44 bits per heavy atom. The van der Waals surface area contributed by atoms with Gasteiger partial charge in [0.2, 0.25) is 5.91 Å². The van der Waals surface area contributed by atoms with E-state index in [-0.39, 0.29) is 17.5 Å². The van der Waals surface area contributed by atoms with E-state index in [2.05, 4.69) is 43.0 Å². The monoisotopic (exact) mass is 348 g/mol. The molecule has 0 atom stereocenters. The Balaban J connectivity index is 2.08. The molecule has 0 bridgehead atoms. The highest BCUT2D eigenvalue weighted by Crippen LogP contribution is 2.24. The summed E-state index contributed by atoms with van der Waals surface area (Å²) in [5, 5.41) is 7.61. The zero-order valence-corrected chi connectivity index (χ0v) is 16.4. The molecule has 1 aliphatic heterocycles. The molecule has 1 aliphatic rings. The van der Waals surface area contributed by atoms with Gasteiger partial charge in [-0.05, 0) is 47.1 Å². The maximum absolute atomic E-state index is 12.7. The fourth-order valence-corrected chi connectivity index (χ4v) is 3.59. The second-order valence-corrected chi connectivity index (χ2v) is 7.54. The number of nitrogens with zero attached hydrogens (tertiary/aromatic N) is 5. The number of aliphatic imine (C=N–C) groups is 1. The van der Waals surface area contributed by atoms with E-state index < -0.39 is 0 Å². The molecule has 2 rings (SSSR count). The minimum absolute atomic E-state index is 0.152. The fourth-order valence-electron chi connectivity index (χ4n) is 3.59. The standard InChI is InChI=1S/C18H32N6O/c1-7-19-17(20-8-9-23-11-15(4)10-21-23)22-12-16(25)24(14(2)3)18(5,6)13-22/h10-11,14H,7-9,12-13H2,1-6H3,(H,19,20). The second-order valence-electron chi connectivity index (χ2n) is 7.54. The average molecular weight is 348 g/mol. The SMILES string of the molecule is CCNC(=NCCn1cc(C)cn1)N1CC(=O)N(C(C)C)C(C)(C)C1. The van der Waals surface area contributed by atoms with Gasteiger partial charge in [-0.15, -0.1) is 0 Å². The number of carbonyl (C=O) groups excluding carboxylic acids is 1. The van der Waals surface area contributed by atoms with Crippen molar-refractivity contribution in [2.24, 2.45) is 4.99 Å². The van der Waals surface area contributed by atoms with E-state index >= 15 is 0 Å². The van der Waals surface area contributed by atoms with Crippen molar-refractivity contribution in [3.05, 3.63) is 18.0 Å². The van der Waals surface area contributed by atoms with Crippen LogP contribution in [-0.2, 0) is 11.3 Å². The molecule has 1 saturated heterocycles. The number of amides is 1. The fraction of sp³-hybridized carbons (Fsp3) is 0.722.